The van der Waals surface area contributed by atoms with Crippen molar-refractivity contribution in [3.8, 4) is 0 Å². The van der Waals surface area contributed by atoms with Gasteiger partial charge in [-0.05, 0) is 6.07 Å². The molecule has 1 aromatic carbocycles. The first kappa shape index (κ1) is 19.0. The van der Waals surface area contributed by atoms with Crippen LogP contribution in [0.2, 0.25) is 0 Å². The summed E-state index contributed by atoms with van der Waals surface area (Å²) in [6.07, 6.45) is 3.69. The Balaban J connectivity index is 1.70. The molecule has 0 amide bonds. The molecule has 150 valence electrons. The average molecular weight is 417 g/mol. The summed E-state index contributed by atoms with van der Waals surface area (Å²) in [5.74, 6) is -0.217. The smallest absolute Gasteiger partial charge is 0.269 e. The molecule has 11 heteroatoms. The number of H-pyrrole nitrogens is 1. The van der Waals surface area contributed by atoms with Gasteiger partial charge in [-0.25, -0.2) is 17.8 Å². The van der Waals surface area contributed by atoms with Crippen LogP contribution in [0.5, 0.6) is 0 Å². The highest BCUT2D eigenvalue weighted by Gasteiger charge is 2.32. The van der Waals surface area contributed by atoms with Crippen molar-refractivity contribution in [2.75, 3.05) is 6.26 Å². The van der Waals surface area contributed by atoms with Gasteiger partial charge in [0.25, 0.3) is 5.56 Å². The molecule has 1 N–H and O–H groups in total. The van der Waals surface area contributed by atoms with Gasteiger partial charge >= 0.3 is 0 Å². The van der Waals surface area contributed by atoms with Crippen LogP contribution in [0.3, 0.4) is 0 Å². The summed E-state index contributed by atoms with van der Waals surface area (Å²) < 4.78 is 42.3. The second-order valence-corrected chi connectivity index (χ2v) is 8.56. The highest BCUT2D eigenvalue weighted by molar-refractivity contribution is 7.90. The maximum atomic E-state index is 14.1. The number of nitrogens with zero attached hydrogens (tertiary/aromatic N) is 4. The Morgan fingerprint density at radius 2 is 2.10 bits per heavy atom. The Hall–Kier alpha value is -3.34. The number of aromatic amines is 1. The maximum Gasteiger partial charge on any atom is 0.269 e. The SMILES string of the molecule is CS(=O)(=O)c1cnc(C2=NN(Cc3ccccc3F)C(c3ccon3)C2)[nH]c1=O. The van der Waals surface area contributed by atoms with E-state index in [-0.39, 0.29) is 24.2 Å². The third kappa shape index (κ3) is 3.81. The quantitative estimate of drug-likeness (QED) is 0.670. The summed E-state index contributed by atoms with van der Waals surface area (Å²) in [4.78, 5) is 18.2. The molecule has 29 heavy (non-hydrogen) atoms. The first-order chi connectivity index (χ1) is 13.8. The molecule has 0 bridgehead atoms. The van der Waals surface area contributed by atoms with Crippen molar-refractivity contribution >= 4 is 15.5 Å². The van der Waals surface area contributed by atoms with Crippen LogP contribution in [0, 0.1) is 5.82 Å². The second-order valence-electron chi connectivity index (χ2n) is 6.58. The summed E-state index contributed by atoms with van der Waals surface area (Å²) in [6.45, 7) is 0.166. The molecule has 3 heterocycles. The van der Waals surface area contributed by atoms with Crippen LogP contribution in [0.15, 0.2) is 62.1 Å². The van der Waals surface area contributed by atoms with E-state index in [2.05, 4.69) is 20.2 Å². The summed E-state index contributed by atoms with van der Waals surface area (Å²) in [7, 11) is -3.70. The fraction of sp³-hybridized carbons (Fsp3) is 0.222. The molecule has 0 saturated carbocycles. The zero-order valence-corrected chi connectivity index (χ0v) is 16.1. The van der Waals surface area contributed by atoms with Gasteiger partial charge in [0.05, 0.1) is 18.8 Å². The van der Waals surface area contributed by atoms with Crippen LogP contribution in [-0.2, 0) is 16.4 Å². The van der Waals surface area contributed by atoms with E-state index in [0.29, 0.717) is 23.4 Å². The van der Waals surface area contributed by atoms with Crippen molar-refractivity contribution in [3.63, 3.8) is 0 Å². The number of hydrazone groups is 1. The highest BCUT2D eigenvalue weighted by atomic mass is 32.2. The first-order valence-electron chi connectivity index (χ1n) is 8.60. The fourth-order valence-corrected chi connectivity index (χ4v) is 3.72. The van der Waals surface area contributed by atoms with Crippen molar-refractivity contribution < 1.29 is 17.3 Å². The topological polar surface area (TPSA) is 122 Å². The minimum absolute atomic E-state index is 0.145. The van der Waals surface area contributed by atoms with E-state index in [1.54, 1.807) is 29.3 Å². The fourth-order valence-electron chi connectivity index (χ4n) is 3.09. The van der Waals surface area contributed by atoms with Gasteiger partial charge in [-0.1, -0.05) is 23.4 Å². The molecule has 1 aliphatic heterocycles. The van der Waals surface area contributed by atoms with E-state index in [4.69, 9.17) is 4.52 Å². The summed E-state index contributed by atoms with van der Waals surface area (Å²) in [5, 5.41) is 10.1. The number of rotatable bonds is 5. The number of hydrogen-bond donors (Lipinski definition) is 1. The third-order valence-electron chi connectivity index (χ3n) is 4.52. The van der Waals surface area contributed by atoms with E-state index in [9.17, 15) is 17.6 Å². The number of hydrogen-bond acceptors (Lipinski definition) is 8. The van der Waals surface area contributed by atoms with Gasteiger partial charge in [-0.2, -0.15) is 5.10 Å². The zero-order chi connectivity index (χ0) is 20.6. The first-order valence-corrected chi connectivity index (χ1v) is 10.5. The lowest BCUT2D eigenvalue weighted by molar-refractivity contribution is 0.211. The predicted molar refractivity (Wildman–Crippen MR) is 100 cm³/mol. The Labute approximate surface area is 164 Å². The average Bonchev–Trinajstić information content (AvgIpc) is 3.32. The van der Waals surface area contributed by atoms with Crippen LogP contribution in [0.1, 0.15) is 29.5 Å². The molecular formula is C18H16FN5O4S. The standard InChI is InChI=1S/C18H16FN5O4S/c1-29(26,27)16-9-20-17(21-18(16)25)14-8-15(13-6-7-28-23-13)24(22-14)10-11-4-2-3-5-12(11)19/h2-7,9,15H,8,10H2,1H3,(H,20,21,25). The predicted octanol–water partition coefficient (Wildman–Crippen LogP) is 1.65. The van der Waals surface area contributed by atoms with Crippen molar-refractivity contribution in [2.24, 2.45) is 5.10 Å². The molecule has 0 aliphatic carbocycles. The van der Waals surface area contributed by atoms with Crippen molar-refractivity contribution in [1.29, 1.82) is 0 Å². The van der Waals surface area contributed by atoms with Crippen LogP contribution in [0.25, 0.3) is 0 Å². The molecule has 3 aromatic rings. The summed E-state index contributed by atoms with van der Waals surface area (Å²) in [5.41, 5.74) is 0.687. The summed E-state index contributed by atoms with van der Waals surface area (Å²) >= 11 is 0. The van der Waals surface area contributed by atoms with Gasteiger partial charge in [0, 0.05) is 24.3 Å². The van der Waals surface area contributed by atoms with E-state index in [1.165, 1.54) is 12.3 Å². The number of benzene rings is 1. The molecule has 0 radical (unpaired) electrons. The van der Waals surface area contributed by atoms with E-state index < -0.39 is 20.3 Å². The minimum atomic E-state index is -3.70. The van der Waals surface area contributed by atoms with Gasteiger partial charge in [0.1, 0.15) is 28.4 Å². The van der Waals surface area contributed by atoms with Gasteiger partial charge in [0.15, 0.2) is 15.7 Å². The molecule has 1 atom stereocenters. The van der Waals surface area contributed by atoms with Crippen LogP contribution < -0.4 is 5.56 Å². The molecule has 9 nitrogen and oxygen atoms in total. The lowest BCUT2D eigenvalue weighted by Gasteiger charge is -2.21. The Morgan fingerprint density at radius 1 is 1.31 bits per heavy atom. The normalized spacial score (nSPS) is 16.8. The van der Waals surface area contributed by atoms with E-state index in [0.717, 1.165) is 12.5 Å². The molecule has 2 aromatic heterocycles. The largest absolute Gasteiger partial charge is 0.364 e. The molecule has 1 unspecified atom stereocenters. The van der Waals surface area contributed by atoms with Crippen LogP contribution in [0.4, 0.5) is 4.39 Å². The van der Waals surface area contributed by atoms with Crippen LogP contribution in [-0.4, -0.2) is 40.5 Å². The minimum Gasteiger partial charge on any atom is -0.364 e. The number of aromatic nitrogens is 3. The lowest BCUT2D eigenvalue weighted by Crippen LogP contribution is -2.21. The molecule has 1 aliphatic rings. The molecule has 0 spiro atoms. The number of sulfone groups is 1. The Kier molecular flexibility index (Phi) is 4.74. The van der Waals surface area contributed by atoms with Gasteiger partial charge < -0.3 is 9.51 Å². The lowest BCUT2D eigenvalue weighted by atomic mass is 10.1. The van der Waals surface area contributed by atoms with Crippen LogP contribution >= 0.6 is 0 Å². The maximum absolute atomic E-state index is 14.1. The number of nitrogens with one attached hydrogen (secondary N) is 1. The second kappa shape index (κ2) is 7.24. The van der Waals surface area contributed by atoms with Gasteiger partial charge in [-0.3, -0.25) is 9.80 Å². The monoisotopic (exact) mass is 417 g/mol. The number of halogens is 1. The highest BCUT2D eigenvalue weighted by Crippen LogP contribution is 2.32. The molecular weight excluding hydrogens is 401 g/mol. The molecule has 4 rings (SSSR count). The van der Waals surface area contributed by atoms with Crippen molar-refractivity contribution in [2.45, 2.75) is 23.9 Å². The van der Waals surface area contributed by atoms with Gasteiger partial charge in [-0.15, -0.1) is 0 Å². The summed E-state index contributed by atoms with van der Waals surface area (Å²) in [6, 6.07) is 7.68. The molecule has 0 saturated heterocycles. The van der Waals surface area contributed by atoms with Crippen molar-refractivity contribution in [1.82, 2.24) is 20.1 Å². The van der Waals surface area contributed by atoms with E-state index in [1.807, 2.05) is 0 Å². The Morgan fingerprint density at radius 3 is 2.76 bits per heavy atom. The third-order valence-corrected chi connectivity index (χ3v) is 5.61. The van der Waals surface area contributed by atoms with Gasteiger partial charge in [0.2, 0.25) is 0 Å². The molecule has 0 fully saturated rings. The zero-order valence-electron chi connectivity index (χ0n) is 15.2. The van der Waals surface area contributed by atoms with Crippen molar-refractivity contribution in [3.05, 3.63) is 76.0 Å². The Bertz CT molecular complexity index is 1240. The van der Waals surface area contributed by atoms with E-state index >= 15 is 0 Å².